The third-order valence-corrected chi connectivity index (χ3v) is 1.93. The molecular formula is C11H13FN2. The largest absolute Gasteiger partial charge is 0.313 e. The molecule has 0 spiro atoms. The Bertz CT molecular complexity index is 342. The van der Waals surface area contributed by atoms with Crippen LogP contribution >= 0.6 is 0 Å². The number of halogens is 1. The minimum absolute atomic E-state index is 0.294. The molecule has 14 heavy (non-hydrogen) atoms. The second-order valence-corrected chi connectivity index (χ2v) is 3.09. The van der Waals surface area contributed by atoms with Crippen molar-refractivity contribution >= 4 is 0 Å². The van der Waals surface area contributed by atoms with Crippen molar-refractivity contribution in [1.29, 1.82) is 5.26 Å². The summed E-state index contributed by atoms with van der Waals surface area (Å²) in [7, 11) is 0. The van der Waals surface area contributed by atoms with Gasteiger partial charge in [0, 0.05) is 6.54 Å². The number of benzene rings is 1. The molecule has 0 saturated heterocycles. The summed E-state index contributed by atoms with van der Waals surface area (Å²) in [6, 6.07) is 6.27. The van der Waals surface area contributed by atoms with Crippen molar-refractivity contribution in [3.63, 3.8) is 0 Å². The van der Waals surface area contributed by atoms with Crippen molar-refractivity contribution in [2.75, 3.05) is 6.54 Å². The van der Waals surface area contributed by atoms with E-state index in [0.29, 0.717) is 12.1 Å². The lowest BCUT2D eigenvalue weighted by Gasteiger charge is -2.05. The number of rotatable bonds is 4. The molecule has 3 heteroatoms. The summed E-state index contributed by atoms with van der Waals surface area (Å²) < 4.78 is 12.9. The van der Waals surface area contributed by atoms with E-state index < -0.39 is 0 Å². The lowest BCUT2D eigenvalue weighted by molar-refractivity contribution is 0.618. The first-order valence-electron chi connectivity index (χ1n) is 4.67. The average Bonchev–Trinajstić information content (AvgIpc) is 2.19. The molecule has 74 valence electrons. The molecule has 0 unspecified atom stereocenters. The molecule has 1 aromatic rings. The first kappa shape index (κ1) is 10.7. The Labute approximate surface area is 83.4 Å². The summed E-state index contributed by atoms with van der Waals surface area (Å²) in [4.78, 5) is 0. The minimum Gasteiger partial charge on any atom is -0.313 e. The maximum atomic E-state index is 12.9. The van der Waals surface area contributed by atoms with E-state index in [4.69, 9.17) is 5.26 Å². The fraction of sp³-hybridized carbons (Fsp3) is 0.364. The van der Waals surface area contributed by atoms with Crippen molar-refractivity contribution in [3.8, 4) is 6.07 Å². The Morgan fingerprint density at radius 2 is 2.29 bits per heavy atom. The first-order chi connectivity index (χ1) is 6.77. The molecule has 2 nitrogen and oxygen atoms in total. The van der Waals surface area contributed by atoms with Crippen LogP contribution in [0.1, 0.15) is 24.5 Å². The lowest BCUT2D eigenvalue weighted by atomic mass is 10.1. The monoisotopic (exact) mass is 192 g/mol. The molecule has 1 N–H and O–H groups in total. The van der Waals surface area contributed by atoms with Crippen molar-refractivity contribution in [2.24, 2.45) is 0 Å². The first-order valence-corrected chi connectivity index (χ1v) is 4.67. The van der Waals surface area contributed by atoms with Gasteiger partial charge in [0.05, 0.1) is 11.6 Å². The zero-order chi connectivity index (χ0) is 10.4. The molecule has 1 rings (SSSR count). The molecule has 0 fully saturated rings. The third kappa shape index (κ3) is 2.82. The SMILES string of the molecule is CCCNCc1cc(F)ccc1C#N. The normalized spacial score (nSPS) is 9.79. The predicted octanol–water partition coefficient (Wildman–Crippen LogP) is 2.20. The van der Waals surface area contributed by atoms with E-state index in [9.17, 15) is 4.39 Å². The van der Waals surface area contributed by atoms with E-state index >= 15 is 0 Å². The Morgan fingerprint density at radius 1 is 1.50 bits per heavy atom. The molecule has 0 amide bonds. The maximum absolute atomic E-state index is 12.9. The maximum Gasteiger partial charge on any atom is 0.123 e. The van der Waals surface area contributed by atoms with Crippen molar-refractivity contribution in [2.45, 2.75) is 19.9 Å². The highest BCUT2D eigenvalue weighted by Crippen LogP contribution is 2.09. The summed E-state index contributed by atoms with van der Waals surface area (Å²) >= 11 is 0. The van der Waals surface area contributed by atoms with Gasteiger partial charge in [-0.05, 0) is 36.7 Å². The molecule has 0 bridgehead atoms. The van der Waals surface area contributed by atoms with E-state index in [1.54, 1.807) is 0 Å². The van der Waals surface area contributed by atoms with Gasteiger partial charge in [0.2, 0.25) is 0 Å². The van der Waals surface area contributed by atoms with Crippen LogP contribution in [-0.4, -0.2) is 6.54 Å². The van der Waals surface area contributed by atoms with Crippen LogP contribution in [0.15, 0.2) is 18.2 Å². The van der Waals surface area contributed by atoms with Crippen LogP contribution in [0.4, 0.5) is 4.39 Å². The molecule has 0 atom stereocenters. The van der Waals surface area contributed by atoms with Gasteiger partial charge in [0.25, 0.3) is 0 Å². The van der Waals surface area contributed by atoms with Crippen molar-refractivity contribution < 1.29 is 4.39 Å². The van der Waals surface area contributed by atoms with Crippen LogP contribution < -0.4 is 5.32 Å². The van der Waals surface area contributed by atoms with Crippen LogP contribution in [0.3, 0.4) is 0 Å². The minimum atomic E-state index is -0.294. The van der Waals surface area contributed by atoms with Gasteiger partial charge < -0.3 is 5.32 Å². The van der Waals surface area contributed by atoms with E-state index in [1.807, 2.05) is 6.07 Å². The van der Waals surface area contributed by atoms with Crippen molar-refractivity contribution in [1.82, 2.24) is 5.32 Å². The van der Waals surface area contributed by atoms with Crippen LogP contribution in [0, 0.1) is 17.1 Å². The van der Waals surface area contributed by atoms with Gasteiger partial charge in [-0.3, -0.25) is 0 Å². The summed E-state index contributed by atoms with van der Waals surface area (Å²) in [5, 5.41) is 11.9. The molecule has 0 aliphatic rings. The van der Waals surface area contributed by atoms with E-state index in [2.05, 4.69) is 12.2 Å². The zero-order valence-corrected chi connectivity index (χ0v) is 8.18. The molecule has 0 aromatic heterocycles. The lowest BCUT2D eigenvalue weighted by Crippen LogP contribution is -2.14. The standard InChI is InChI=1S/C11H13FN2/c1-2-5-14-8-10-6-11(12)4-3-9(10)7-13/h3-4,6,14H,2,5,8H2,1H3. The third-order valence-electron chi connectivity index (χ3n) is 1.93. The fourth-order valence-corrected chi connectivity index (χ4v) is 1.22. The molecular weight excluding hydrogens is 179 g/mol. The van der Waals surface area contributed by atoms with Gasteiger partial charge in [-0.2, -0.15) is 5.26 Å². The Hall–Kier alpha value is -1.40. The summed E-state index contributed by atoms with van der Waals surface area (Å²) in [5.74, 6) is -0.294. The molecule has 0 aliphatic carbocycles. The number of hydrogen-bond donors (Lipinski definition) is 1. The second-order valence-electron chi connectivity index (χ2n) is 3.09. The predicted molar refractivity (Wildman–Crippen MR) is 53.1 cm³/mol. The highest BCUT2D eigenvalue weighted by Gasteiger charge is 2.02. The second kappa shape index (κ2) is 5.36. The van der Waals surface area contributed by atoms with Crippen LogP contribution in [0.25, 0.3) is 0 Å². The van der Waals surface area contributed by atoms with Gasteiger partial charge in [0.1, 0.15) is 5.82 Å². The van der Waals surface area contributed by atoms with E-state index in [-0.39, 0.29) is 5.82 Å². The van der Waals surface area contributed by atoms with Gasteiger partial charge in [0.15, 0.2) is 0 Å². The zero-order valence-electron chi connectivity index (χ0n) is 8.18. The van der Waals surface area contributed by atoms with Crippen LogP contribution in [0.2, 0.25) is 0 Å². The van der Waals surface area contributed by atoms with Gasteiger partial charge in [-0.1, -0.05) is 6.92 Å². The smallest absolute Gasteiger partial charge is 0.123 e. The number of nitrogens with one attached hydrogen (secondary N) is 1. The Morgan fingerprint density at radius 3 is 2.93 bits per heavy atom. The number of nitrogens with zero attached hydrogens (tertiary/aromatic N) is 1. The average molecular weight is 192 g/mol. The molecule has 0 saturated carbocycles. The summed E-state index contributed by atoms with van der Waals surface area (Å²) in [6.07, 6.45) is 1.03. The fourth-order valence-electron chi connectivity index (χ4n) is 1.22. The Kier molecular flexibility index (Phi) is 4.09. The summed E-state index contributed by atoms with van der Waals surface area (Å²) in [6.45, 7) is 3.49. The van der Waals surface area contributed by atoms with Gasteiger partial charge in [-0.25, -0.2) is 4.39 Å². The molecule has 0 aliphatic heterocycles. The van der Waals surface area contributed by atoms with Crippen molar-refractivity contribution in [3.05, 3.63) is 35.1 Å². The highest BCUT2D eigenvalue weighted by molar-refractivity contribution is 5.37. The van der Waals surface area contributed by atoms with Gasteiger partial charge in [-0.15, -0.1) is 0 Å². The summed E-state index contributed by atoms with van der Waals surface area (Å²) in [5.41, 5.74) is 1.26. The molecule has 0 heterocycles. The Balaban J connectivity index is 2.73. The molecule has 1 aromatic carbocycles. The van der Waals surface area contributed by atoms with E-state index in [0.717, 1.165) is 18.5 Å². The number of nitriles is 1. The highest BCUT2D eigenvalue weighted by atomic mass is 19.1. The van der Waals surface area contributed by atoms with E-state index in [1.165, 1.54) is 18.2 Å². The topological polar surface area (TPSA) is 35.8 Å². The van der Waals surface area contributed by atoms with Gasteiger partial charge >= 0.3 is 0 Å². The quantitative estimate of drug-likeness (QED) is 0.742. The van der Waals surface area contributed by atoms with Crippen LogP contribution in [0.5, 0.6) is 0 Å². The molecule has 0 radical (unpaired) electrons. The number of hydrogen-bond acceptors (Lipinski definition) is 2. The van der Waals surface area contributed by atoms with Crippen LogP contribution in [-0.2, 0) is 6.54 Å².